The number of H-pyrrole nitrogens is 1. The van der Waals surface area contributed by atoms with E-state index in [4.69, 9.17) is 0 Å². The minimum Gasteiger partial charge on any atom is -0.493 e. The van der Waals surface area contributed by atoms with Gasteiger partial charge in [-0.25, -0.2) is 0 Å². The van der Waals surface area contributed by atoms with Crippen LogP contribution in [0, 0.1) is 13.8 Å². The number of rotatable bonds is 2. The lowest BCUT2D eigenvalue weighted by atomic mass is 10.1. The highest BCUT2D eigenvalue weighted by Gasteiger charge is 2.14. The number of aryl methyl sites for hydroxylation is 2. The van der Waals surface area contributed by atoms with E-state index in [-0.39, 0.29) is 17.0 Å². The van der Waals surface area contributed by atoms with Gasteiger partial charge in [0.25, 0.3) is 5.56 Å². The zero-order valence-corrected chi connectivity index (χ0v) is 12.5. The molecule has 0 spiro atoms. The van der Waals surface area contributed by atoms with Gasteiger partial charge in [0.2, 0.25) is 5.88 Å². The molecule has 0 atom stereocenters. The molecule has 2 aromatic heterocycles. The van der Waals surface area contributed by atoms with Crippen LogP contribution in [-0.2, 0) is 0 Å². The summed E-state index contributed by atoms with van der Waals surface area (Å²) >= 11 is 1.52. The van der Waals surface area contributed by atoms with Crippen LogP contribution < -0.4 is 5.56 Å². The number of aromatic hydroxyl groups is 1. The highest BCUT2D eigenvalue weighted by Crippen LogP contribution is 2.29. The molecule has 106 valence electrons. The Morgan fingerprint density at radius 3 is 2.62 bits per heavy atom. The summed E-state index contributed by atoms with van der Waals surface area (Å²) in [6, 6.07) is 11.2. The van der Waals surface area contributed by atoms with Gasteiger partial charge in [-0.1, -0.05) is 29.8 Å². The maximum absolute atomic E-state index is 12.3. The Morgan fingerprint density at radius 2 is 2.00 bits per heavy atom. The summed E-state index contributed by atoms with van der Waals surface area (Å²) < 4.78 is 0. The van der Waals surface area contributed by atoms with E-state index >= 15 is 0 Å². The van der Waals surface area contributed by atoms with Crippen LogP contribution in [0.1, 0.15) is 10.4 Å². The van der Waals surface area contributed by atoms with Crippen LogP contribution in [0.5, 0.6) is 5.88 Å². The first-order chi connectivity index (χ1) is 10.0. The standard InChI is InChI=1S/C16H14N2O2S/c1-9-4-3-5-11(8-9)13-15(19)17-14(18-16(13)20)12-7-6-10(2)21-12/h3-8H,1-2H3,(H2,17,18,19,20). The minimum atomic E-state index is -0.339. The van der Waals surface area contributed by atoms with Crippen molar-refractivity contribution in [2.24, 2.45) is 0 Å². The summed E-state index contributed by atoms with van der Waals surface area (Å²) in [7, 11) is 0. The Hall–Kier alpha value is -2.40. The van der Waals surface area contributed by atoms with Crippen molar-refractivity contribution >= 4 is 11.3 Å². The number of thiophene rings is 1. The molecule has 5 heteroatoms. The first kappa shape index (κ1) is 13.6. The van der Waals surface area contributed by atoms with E-state index in [1.54, 1.807) is 6.07 Å². The number of nitrogens with zero attached hydrogens (tertiary/aromatic N) is 1. The van der Waals surface area contributed by atoms with Gasteiger partial charge < -0.3 is 10.1 Å². The lowest BCUT2D eigenvalue weighted by Gasteiger charge is -2.06. The van der Waals surface area contributed by atoms with Gasteiger partial charge in [0.1, 0.15) is 5.56 Å². The van der Waals surface area contributed by atoms with E-state index in [1.807, 2.05) is 44.2 Å². The van der Waals surface area contributed by atoms with Gasteiger partial charge in [-0.3, -0.25) is 4.79 Å². The SMILES string of the molecule is Cc1cccc(-c2c(O)nc(-c3ccc(C)s3)[nH]c2=O)c1. The van der Waals surface area contributed by atoms with Gasteiger partial charge in [-0.2, -0.15) is 4.98 Å². The topological polar surface area (TPSA) is 66.0 Å². The molecule has 1 aromatic carbocycles. The van der Waals surface area contributed by atoms with E-state index in [0.29, 0.717) is 11.4 Å². The third-order valence-corrected chi connectivity index (χ3v) is 4.19. The third kappa shape index (κ3) is 2.60. The molecule has 0 radical (unpaired) electrons. The fourth-order valence-electron chi connectivity index (χ4n) is 2.20. The molecule has 0 saturated heterocycles. The Balaban J connectivity index is 2.15. The van der Waals surface area contributed by atoms with Crippen LogP contribution in [-0.4, -0.2) is 15.1 Å². The fourth-order valence-corrected chi connectivity index (χ4v) is 3.01. The second-order valence-corrected chi connectivity index (χ2v) is 6.18. The largest absolute Gasteiger partial charge is 0.493 e. The van der Waals surface area contributed by atoms with Crippen molar-refractivity contribution in [1.82, 2.24) is 9.97 Å². The first-order valence-electron chi connectivity index (χ1n) is 6.52. The van der Waals surface area contributed by atoms with E-state index in [0.717, 1.165) is 15.3 Å². The van der Waals surface area contributed by atoms with Crippen LogP contribution in [0.3, 0.4) is 0 Å². The number of nitrogens with one attached hydrogen (secondary N) is 1. The van der Waals surface area contributed by atoms with Gasteiger partial charge in [-0.05, 0) is 31.5 Å². The van der Waals surface area contributed by atoms with E-state index in [9.17, 15) is 9.90 Å². The van der Waals surface area contributed by atoms with E-state index in [2.05, 4.69) is 9.97 Å². The Bertz CT molecular complexity index is 865. The van der Waals surface area contributed by atoms with Crippen LogP contribution in [0.2, 0.25) is 0 Å². The molecule has 4 nitrogen and oxygen atoms in total. The minimum absolute atomic E-state index is 0.204. The molecule has 0 aliphatic rings. The predicted octanol–water partition coefficient (Wildman–Crippen LogP) is 3.49. The second kappa shape index (κ2) is 5.18. The van der Waals surface area contributed by atoms with Gasteiger partial charge in [0.15, 0.2) is 5.82 Å². The van der Waals surface area contributed by atoms with Gasteiger partial charge in [-0.15, -0.1) is 11.3 Å². The number of benzene rings is 1. The Labute approximate surface area is 125 Å². The normalized spacial score (nSPS) is 10.8. The summed E-state index contributed by atoms with van der Waals surface area (Å²) in [5, 5.41) is 10.2. The summed E-state index contributed by atoms with van der Waals surface area (Å²) in [6.45, 7) is 3.91. The van der Waals surface area contributed by atoms with Crippen molar-refractivity contribution in [3.05, 3.63) is 57.2 Å². The Kier molecular flexibility index (Phi) is 3.35. The highest BCUT2D eigenvalue weighted by molar-refractivity contribution is 7.15. The maximum atomic E-state index is 12.3. The van der Waals surface area contributed by atoms with Crippen molar-refractivity contribution < 1.29 is 5.11 Å². The lowest BCUT2D eigenvalue weighted by Crippen LogP contribution is -2.11. The fraction of sp³-hybridized carbons (Fsp3) is 0.125. The molecule has 0 amide bonds. The second-order valence-electron chi connectivity index (χ2n) is 4.89. The number of hydrogen-bond donors (Lipinski definition) is 2. The Morgan fingerprint density at radius 1 is 1.19 bits per heavy atom. The van der Waals surface area contributed by atoms with Crippen LogP contribution in [0.15, 0.2) is 41.2 Å². The molecule has 3 rings (SSSR count). The molecule has 0 saturated carbocycles. The third-order valence-electron chi connectivity index (χ3n) is 3.18. The summed E-state index contributed by atoms with van der Waals surface area (Å²) in [6.07, 6.45) is 0. The van der Waals surface area contributed by atoms with Crippen molar-refractivity contribution in [3.63, 3.8) is 0 Å². The zero-order valence-electron chi connectivity index (χ0n) is 11.7. The van der Waals surface area contributed by atoms with Gasteiger partial charge in [0, 0.05) is 4.88 Å². The number of hydrogen-bond acceptors (Lipinski definition) is 4. The molecule has 2 N–H and O–H groups in total. The first-order valence-corrected chi connectivity index (χ1v) is 7.33. The van der Waals surface area contributed by atoms with Gasteiger partial charge in [0.05, 0.1) is 4.88 Å². The molecule has 0 fully saturated rings. The van der Waals surface area contributed by atoms with Crippen molar-refractivity contribution in [2.45, 2.75) is 13.8 Å². The average molecular weight is 298 g/mol. The molecule has 3 aromatic rings. The van der Waals surface area contributed by atoms with Crippen LogP contribution in [0.25, 0.3) is 21.8 Å². The summed E-state index contributed by atoms with van der Waals surface area (Å²) in [5.74, 6) is 0.150. The number of aromatic nitrogens is 2. The van der Waals surface area contributed by atoms with Crippen LogP contribution in [0.4, 0.5) is 0 Å². The molecular weight excluding hydrogens is 284 g/mol. The summed E-state index contributed by atoms with van der Waals surface area (Å²) in [4.78, 5) is 21.1. The quantitative estimate of drug-likeness (QED) is 0.761. The smallest absolute Gasteiger partial charge is 0.262 e. The monoisotopic (exact) mass is 298 g/mol. The average Bonchev–Trinajstić information content (AvgIpc) is 2.85. The molecule has 0 bridgehead atoms. The summed E-state index contributed by atoms with van der Waals surface area (Å²) in [5.41, 5.74) is 1.55. The molecule has 0 unspecified atom stereocenters. The number of aromatic amines is 1. The van der Waals surface area contributed by atoms with Crippen molar-refractivity contribution in [3.8, 4) is 27.7 Å². The van der Waals surface area contributed by atoms with E-state index < -0.39 is 0 Å². The molecule has 0 aliphatic heterocycles. The van der Waals surface area contributed by atoms with Crippen molar-refractivity contribution in [2.75, 3.05) is 0 Å². The molecular formula is C16H14N2O2S. The van der Waals surface area contributed by atoms with Crippen LogP contribution >= 0.6 is 11.3 Å². The zero-order chi connectivity index (χ0) is 15.0. The predicted molar refractivity (Wildman–Crippen MR) is 84.7 cm³/mol. The molecule has 2 heterocycles. The molecule has 21 heavy (non-hydrogen) atoms. The molecule has 0 aliphatic carbocycles. The van der Waals surface area contributed by atoms with Crippen molar-refractivity contribution in [1.29, 1.82) is 0 Å². The van der Waals surface area contributed by atoms with Gasteiger partial charge >= 0.3 is 0 Å². The highest BCUT2D eigenvalue weighted by atomic mass is 32.1. The van der Waals surface area contributed by atoms with E-state index in [1.165, 1.54) is 11.3 Å². The maximum Gasteiger partial charge on any atom is 0.262 e. The lowest BCUT2D eigenvalue weighted by molar-refractivity contribution is 0.454.